The maximum atomic E-state index is 5.92. The quantitative estimate of drug-likeness (QED) is 0.509. The van der Waals surface area contributed by atoms with Crippen LogP contribution >= 0.6 is 0 Å². The summed E-state index contributed by atoms with van der Waals surface area (Å²) < 4.78 is 0. The molecule has 0 radical (unpaired) electrons. The van der Waals surface area contributed by atoms with E-state index in [0.29, 0.717) is 12.5 Å². The molecule has 1 aromatic heterocycles. The summed E-state index contributed by atoms with van der Waals surface area (Å²) in [6.07, 6.45) is 2.93. The molecule has 4 heteroatoms. The number of para-hydroxylation sites is 1. The summed E-state index contributed by atoms with van der Waals surface area (Å²) in [4.78, 5) is 7.71. The Balaban J connectivity index is 1.65. The lowest BCUT2D eigenvalue weighted by Gasteiger charge is -2.05. The van der Waals surface area contributed by atoms with Crippen molar-refractivity contribution in [2.75, 3.05) is 11.9 Å². The van der Waals surface area contributed by atoms with Gasteiger partial charge in [0.05, 0.1) is 0 Å². The van der Waals surface area contributed by atoms with Gasteiger partial charge >= 0.3 is 0 Å². The first-order valence-corrected chi connectivity index (χ1v) is 7.41. The van der Waals surface area contributed by atoms with Crippen molar-refractivity contribution in [2.24, 2.45) is 10.7 Å². The van der Waals surface area contributed by atoms with Crippen LogP contribution in [0.2, 0.25) is 0 Å². The Morgan fingerprint density at radius 1 is 1.14 bits per heavy atom. The minimum Gasteiger partial charge on any atom is -0.370 e. The molecule has 0 spiro atoms. The molecule has 22 heavy (non-hydrogen) atoms. The number of nitrogens with two attached hydrogens (primary N) is 1. The number of guanidine groups is 1. The van der Waals surface area contributed by atoms with Crippen LogP contribution in [0.25, 0.3) is 10.9 Å². The van der Waals surface area contributed by atoms with E-state index in [1.807, 2.05) is 30.3 Å². The van der Waals surface area contributed by atoms with Crippen LogP contribution in [0.3, 0.4) is 0 Å². The van der Waals surface area contributed by atoms with Crippen molar-refractivity contribution < 1.29 is 0 Å². The van der Waals surface area contributed by atoms with Gasteiger partial charge in [-0.25, -0.2) is 0 Å². The van der Waals surface area contributed by atoms with E-state index >= 15 is 0 Å². The van der Waals surface area contributed by atoms with Crippen molar-refractivity contribution in [2.45, 2.75) is 13.3 Å². The van der Waals surface area contributed by atoms with E-state index in [-0.39, 0.29) is 0 Å². The third-order valence-electron chi connectivity index (χ3n) is 3.71. The first kappa shape index (κ1) is 14.2. The largest absolute Gasteiger partial charge is 0.370 e. The van der Waals surface area contributed by atoms with Gasteiger partial charge in [0, 0.05) is 29.3 Å². The molecule has 0 aliphatic carbocycles. The fourth-order valence-corrected chi connectivity index (χ4v) is 2.65. The molecule has 112 valence electrons. The van der Waals surface area contributed by atoms with Crippen LogP contribution in [-0.4, -0.2) is 17.5 Å². The number of H-pyrrole nitrogens is 1. The lowest BCUT2D eigenvalue weighted by atomic mass is 10.1. The van der Waals surface area contributed by atoms with Crippen LogP contribution in [0.1, 0.15) is 11.1 Å². The minimum absolute atomic E-state index is 0.447. The van der Waals surface area contributed by atoms with Crippen molar-refractivity contribution in [3.63, 3.8) is 0 Å². The molecule has 0 fully saturated rings. The Labute approximate surface area is 130 Å². The summed E-state index contributed by atoms with van der Waals surface area (Å²) in [6, 6.07) is 16.1. The van der Waals surface area contributed by atoms with E-state index < -0.39 is 0 Å². The van der Waals surface area contributed by atoms with Crippen LogP contribution in [0.15, 0.2) is 59.7 Å². The molecule has 0 amide bonds. The molecular formula is C18H20N4. The molecule has 0 bridgehead atoms. The second kappa shape index (κ2) is 6.35. The molecule has 0 unspecified atom stereocenters. The van der Waals surface area contributed by atoms with Crippen LogP contribution in [-0.2, 0) is 6.42 Å². The highest BCUT2D eigenvalue weighted by atomic mass is 15.1. The van der Waals surface area contributed by atoms with Gasteiger partial charge < -0.3 is 16.0 Å². The van der Waals surface area contributed by atoms with Gasteiger partial charge in [-0.15, -0.1) is 0 Å². The zero-order valence-electron chi connectivity index (χ0n) is 12.6. The van der Waals surface area contributed by atoms with Gasteiger partial charge in [-0.2, -0.15) is 0 Å². The number of nitrogens with zero attached hydrogens (tertiary/aromatic N) is 1. The van der Waals surface area contributed by atoms with Gasteiger partial charge in [0.2, 0.25) is 0 Å². The van der Waals surface area contributed by atoms with Crippen molar-refractivity contribution in [3.8, 4) is 0 Å². The fourth-order valence-electron chi connectivity index (χ4n) is 2.65. The number of rotatable bonds is 4. The number of aromatic amines is 1. The number of aromatic nitrogens is 1. The van der Waals surface area contributed by atoms with E-state index in [9.17, 15) is 0 Å². The highest BCUT2D eigenvalue weighted by Crippen LogP contribution is 2.22. The number of hydrogen-bond acceptors (Lipinski definition) is 1. The van der Waals surface area contributed by atoms with Crippen LogP contribution in [0.5, 0.6) is 0 Å². The number of aliphatic imine (C=N–C) groups is 1. The highest BCUT2D eigenvalue weighted by molar-refractivity contribution is 5.92. The Bertz CT molecular complexity index is 787. The summed E-state index contributed by atoms with van der Waals surface area (Å²) in [5.74, 6) is 0.447. The van der Waals surface area contributed by atoms with Gasteiger partial charge in [0.1, 0.15) is 0 Å². The SMILES string of the molecule is Cc1cccc2[nH]cc(CCN=C(N)Nc3ccccc3)c12. The molecule has 0 saturated heterocycles. The molecule has 2 aromatic carbocycles. The normalized spacial score (nSPS) is 11.8. The first-order valence-electron chi connectivity index (χ1n) is 7.41. The average Bonchev–Trinajstić information content (AvgIpc) is 2.93. The van der Waals surface area contributed by atoms with E-state index in [1.165, 1.54) is 22.0 Å². The Hall–Kier alpha value is -2.75. The number of hydrogen-bond donors (Lipinski definition) is 3. The van der Waals surface area contributed by atoms with E-state index in [1.54, 1.807) is 0 Å². The van der Waals surface area contributed by atoms with Crippen LogP contribution in [0.4, 0.5) is 5.69 Å². The Kier molecular flexibility index (Phi) is 4.10. The molecule has 0 atom stereocenters. The standard InChI is InChI=1S/C18H20N4/c1-13-6-5-9-16-17(13)14(12-21-16)10-11-20-18(19)22-15-7-3-2-4-8-15/h2-9,12,21H,10-11H2,1H3,(H3,19,20,22). The van der Waals surface area contributed by atoms with Crippen molar-refractivity contribution in [1.29, 1.82) is 0 Å². The number of fused-ring (bicyclic) bond motifs is 1. The van der Waals surface area contributed by atoms with Gasteiger partial charge in [-0.05, 0) is 42.7 Å². The second-order valence-corrected chi connectivity index (χ2v) is 5.32. The number of benzene rings is 2. The van der Waals surface area contributed by atoms with Crippen molar-refractivity contribution in [1.82, 2.24) is 4.98 Å². The second-order valence-electron chi connectivity index (χ2n) is 5.32. The monoisotopic (exact) mass is 292 g/mol. The summed E-state index contributed by atoms with van der Waals surface area (Å²) in [7, 11) is 0. The Morgan fingerprint density at radius 2 is 1.95 bits per heavy atom. The van der Waals surface area contributed by atoms with Crippen molar-refractivity contribution >= 4 is 22.5 Å². The van der Waals surface area contributed by atoms with Gasteiger partial charge in [0.15, 0.2) is 5.96 Å². The topological polar surface area (TPSA) is 66.2 Å². The average molecular weight is 292 g/mol. The van der Waals surface area contributed by atoms with E-state index in [2.05, 4.69) is 46.6 Å². The third-order valence-corrected chi connectivity index (χ3v) is 3.71. The van der Waals surface area contributed by atoms with Gasteiger partial charge in [-0.3, -0.25) is 4.99 Å². The summed E-state index contributed by atoms with van der Waals surface area (Å²) in [5, 5.41) is 4.39. The van der Waals surface area contributed by atoms with Crippen LogP contribution in [0, 0.1) is 6.92 Å². The van der Waals surface area contributed by atoms with E-state index in [0.717, 1.165) is 12.1 Å². The molecule has 0 saturated carbocycles. The van der Waals surface area contributed by atoms with Gasteiger partial charge in [0.25, 0.3) is 0 Å². The summed E-state index contributed by atoms with van der Waals surface area (Å²) >= 11 is 0. The highest BCUT2D eigenvalue weighted by Gasteiger charge is 2.05. The molecule has 0 aliphatic heterocycles. The molecule has 0 aliphatic rings. The number of anilines is 1. The van der Waals surface area contributed by atoms with Crippen LogP contribution < -0.4 is 11.1 Å². The smallest absolute Gasteiger partial charge is 0.193 e. The Morgan fingerprint density at radius 3 is 2.77 bits per heavy atom. The molecule has 3 rings (SSSR count). The maximum Gasteiger partial charge on any atom is 0.193 e. The minimum atomic E-state index is 0.447. The molecule has 3 aromatic rings. The van der Waals surface area contributed by atoms with Crippen molar-refractivity contribution in [3.05, 3.63) is 65.9 Å². The lowest BCUT2D eigenvalue weighted by molar-refractivity contribution is 0.971. The van der Waals surface area contributed by atoms with E-state index in [4.69, 9.17) is 5.73 Å². The lowest BCUT2D eigenvalue weighted by Crippen LogP contribution is -2.22. The third kappa shape index (κ3) is 3.11. The molecule has 4 N–H and O–H groups in total. The first-order chi connectivity index (χ1) is 10.7. The summed E-state index contributed by atoms with van der Waals surface area (Å²) in [5.41, 5.74) is 10.6. The zero-order chi connectivity index (χ0) is 15.4. The molecule has 1 heterocycles. The maximum absolute atomic E-state index is 5.92. The van der Waals surface area contributed by atoms with Gasteiger partial charge in [-0.1, -0.05) is 30.3 Å². The molecule has 4 nitrogen and oxygen atoms in total. The number of nitrogens with one attached hydrogen (secondary N) is 2. The zero-order valence-corrected chi connectivity index (χ0v) is 12.6. The number of aryl methyl sites for hydroxylation is 1. The fraction of sp³-hybridized carbons (Fsp3) is 0.167. The predicted molar refractivity (Wildman–Crippen MR) is 93.3 cm³/mol. The molecular weight excluding hydrogens is 272 g/mol. The predicted octanol–water partition coefficient (Wildman–Crippen LogP) is 3.45. The summed E-state index contributed by atoms with van der Waals surface area (Å²) in [6.45, 7) is 2.79.